The molecule has 0 saturated carbocycles. The van der Waals surface area contributed by atoms with Crippen LogP contribution in [0.1, 0.15) is 32.3 Å². The van der Waals surface area contributed by atoms with Crippen LogP contribution in [0.15, 0.2) is 69.6 Å². The molecule has 11 heteroatoms. The van der Waals surface area contributed by atoms with Crippen LogP contribution in [0.25, 0.3) is 44.7 Å². The van der Waals surface area contributed by atoms with Gasteiger partial charge in [-0.3, -0.25) is 0 Å². The number of benzene rings is 4. The maximum Gasteiger partial charge on any atom is 0.188 e. The highest BCUT2D eigenvalue weighted by atomic mass is 79.9. The molecule has 254 valence electrons. The van der Waals surface area contributed by atoms with Gasteiger partial charge in [-0.2, -0.15) is 0 Å². The summed E-state index contributed by atoms with van der Waals surface area (Å²) in [7, 11) is 9.84. The number of aromatic hydroxyl groups is 1. The molecule has 4 aromatic carbocycles. The third-order valence-electron chi connectivity index (χ3n) is 7.51. The van der Waals surface area contributed by atoms with Gasteiger partial charge in [0.15, 0.2) is 6.79 Å². The molecule has 0 bridgehead atoms. The van der Waals surface area contributed by atoms with Gasteiger partial charge < -0.3 is 24.4 Å². The molecule has 6 rings (SSSR count). The van der Waals surface area contributed by atoms with Crippen molar-refractivity contribution in [2.75, 3.05) is 51.9 Å². The number of rotatable bonds is 9. The van der Waals surface area contributed by atoms with Crippen LogP contribution in [0.3, 0.4) is 0 Å². The van der Waals surface area contributed by atoms with Gasteiger partial charge in [0.05, 0.1) is 29.4 Å². The van der Waals surface area contributed by atoms with E-state index in [1.165, 1.54) is 31.9 Å². The quantitative estimate of drug-likeness (QED) is 0.146. The van der Waals surface area contributed by atoms with Crippen LogP contribution in [0.2, 0.25) is 0 Å². The summed E-state index contributed by atoms with van der Waals surface area (Å²) in [5.74, 6) is 1.00. The maximum absolute atomic E-state index is 9.54. The van der Waals surface area contributed by atoms with E-state index in [1.54, 1.807) is 35.8 Å². The molecule has 0 amide bonds. The number of fused-ring (bicyclic) bond motifs is 2. The molecule has 0 aliphatic heterocycles. The Morgan fingerprint density at radius 3 is 1.63 bits per heavy atom. The van der Waals surface area contributed by atoms with Crippen LogP contribution in [0.4, 0.5) is 11.4 Å². The van der Waals surface area contributed by atoms with Crippen molar-refractivity contribution in [2.45, 2.75) is 13.8 Å². The first-order valence-corrected chi connectivity index (χ1v) is 18.6. The van der Waals surface area contributed by atoms with Crippen molar-refractivity contribution >= 4 is 111 Å². The number of hydrogen-bond donors (Lipinski definition) is 1. The van der Waals surface area contributed by atoms with E-state index in [2.05, 4.69) is 119 Å². The van der Waals surface area contributed by atoms with Crippen molar-refractivity contribution in [2.24, 2.45) is 0 Å². The highest BCUT2D eigenvalue weighted by molar-refractivity contribution is 9.11. The second-order valence-corrected chi connectivity index (χ2v) is 15.6. The first-order chi connectivity index (χ1) is 23.4. The Morgan fingerprint density at radius 2 is 1.18 bits per heavy atom. The first kappa shape index (κ1) is 36.5. The van der Waals surface area contributed by atoms with Crippen molar-refractivity contribution in [3.8, 4) is 11.5 Å². The van der Waals surface area contributed by atoms with E-state index in [9.17, 15) is 5.11 Å². The third-order valence-corrected chi connectivity index (χ3v) is 10.7. The molecule has 7 nitrogen and oxygen atoms in total. The maximum atomic E-state index is 9.54. The Kier molecular flexibility index (Phi) is 12.2. The van der Waals surface area contributed by atoms with Crippen molar-refractivity contribution < 1.29 is 14.6 Å². The van der Waals surface area contributed by atoms with Gasteiger partial charge in [-0.05, 0) is 129 Å². The van der Waals surface area contributed by atoms with Crippen LogP contribution in [-0.4, -0.2) is 57.2 Å². The van der Waals surface area contributed by atoms with Gasteiger partial charge in [0.2, 0.25) is 0 Å². The van der Waals surface area contributed by atoms with Crippen molar-refractivity contribution in [3.63, 3.8) is 0 Å². The standard InChI is InChI=1S/C20H21BrN2O2S.C18H17BrN2OS/c1-13-9-16-19(11-17(13)23(2)3)26-20(22-16)8-6-14-5-7-18(15(21)10-14)25-12-24-4;1-11-8-14-17(10-15(11)21(2)3)23-18(20-14)7-5-12-4-6-16(22)13(19)9-12/h5-11H,12H2,1-4H3;4-10,22H,1-3H3/b8-6+;7-5+. The summed E-state index contributed by atoms with van der Waals surface area (Å²) in [5, 5.41) is 11.5. The molecule has 2 heterocycles. The van der Waals surface area contributed by atoms with E-state index in [-0.39, 0.29) is 12.5 Å². The lowest BCUT2D eigenvalue weighted by atomic mass is 10.2. The molecule has 0 unspecified atom stereocenters. The summed E-state index contributed by atoms with van der Waals surface area (Å²) in [5.41, 5.74) is 9.08. The zero-order chi connectivity index (χ0) is 35.2. The van der Waals surface area contributed by atoms with Crippen LogP contribution >= 0.6 is 54.5 Å². The first-order valence-electron chi connectivity index (χ1n) is 15.3. The molecule has 0 saturated heterocycles. The highest BCUT2D eigenvalue weighted by Crippen LogP contribution is 2.33. The molecule has 2 aromatic heterocycles. The van der Waals surface area contributed by atoms with Crippen LogP contribution in [0.5, 0.6) is 11.5 Å². The molecular formula is C38H38Br2N4O3S2. The summed E-state index contributed by atoms with van der Waals surface area (Å²) in [4.78, 5) is 13.7. The Hall–Kier alpha value is -3.74. The van der Waals surface area contributed by atoms with Gasteiger partial charge in [0, 0.05) is 46.7 Å². The van der Waals surface area contributed by atoms with Crippen molar-refractivity contribution in [1.29, 1.82) is 0 Å². The summed E-state index contributed by atoms with van der Waals surface area (Å²) in [6.45, 7) is 4.46. The fourth-order valence-electron chi connectivity index (χ4n) is 5.10. The Morgan fingerprint density at radius 1 is 0.694 bits per heavy atom. The lowest BCUT2D eigenvalue weighted by Gasteiger charge is -2.15. The minimum absolute atomic E-state index is 0.230. The Bertz CT molecular complexity index is 2150. The topological polar surface area (TPSA) is 71.0 Å². The number of nitrogens with zero attached hydrogens (tertiary/aromatic N) is 4. The molecule has 0 fully saturated rings. The number of thiazole rings is 2. The molecule has 0 aliphatic rings. The number of hydrogen-bond acceptors (Lipinski definition) is 9. The molecule has 0 aliphatic carbocycles. The van der Waals surface area contributed by atoms with Gasteiger partial charge >= 0.3 is 0 Å². The zero-order valence-electron chi connectivity index (χ0n) is 28.4. The van der Waals surface area contributed by atoms with E-state index in [0.29, 0.717) is 4.47 Å². The molecule has 49 heavy (non-hydrogen) atoms. The van der Waals surface area contributed by atoms with E-state index in [4.69, 9.17) is 14.5 Å². The Balaban J connectivity index is 0.000000192. The van der Waals surface area contributed by atoms with Gasteiger partial charge in [-0.15, -0.1) is 22.7 Å². The number of phenolic OH excluding ortho intramolecular Hbond substituents is 1. The average Bonchev–Trinajstić information content (AvgIpc) is 3.65. The molecular weight excluding hydrogens is 784 g/mol. The molecule has 0 spiro atoms. The van der Waals surface area contributed by atoms with E-state index in [0.717, 1.165) is 42.4 Å². The molecule has 1 N–H and O–H groups in total. The number of ether oxygens (including phenoxy) is 2. The predicted octanol–water partition coefficient (Wildman–Crippen LogP) is 10.9. The summed E-state index contributed by atoms with van der Waals surface area (Å²) in [6.07, 6.45) is 8.12. The van der Waals surface area contributed by atoms with Crippen molar-refractivity contribution in [1.82, 2.24) is 9.97 Å². The van der Waals surface area contributed by atoms with Gasteiger partial charge in [-0.25, -0.2) is 9.97 Å². The fraction of sp³-hybridized carbons (Fsp3) is 0.211. The minimum atomic E-state index is 0.230. The molecule has 0 atom stereocenters. The SMILES string of the molecule is COCOc1ccc(/C=C/c2nc3cc(C)c(N(C)C)cc3s2)cc1Br.Cc1cc2nc(/C=C/c3ccc(O)c(Br)c3)sc2cc1N(C)C. The third kappa shape index (κ3) is 9.29. The minimum Gasteiger partial charge on any atom is -0.507 e. The van der Waals surface area contributed by atoms with Gasteiger partial charge in [0.1, 0.15) is 21.5 Å². The second-order valence-electron chi connectivity index (χ2n) is 11.7. The van der Waals surface area contributed by atoms with Crippen LogP contribution in [0, 0.1) is 13.8 Å². The van der Waals surface area contributed by atoms with Gasteiger partial charge in [-0.1, -0.05) is 24.3 Å². The van der Waals surface area contributed by atoms with Crippen LogP contribution in [-0.2, 0) is 4.74 Å². The molecule has 0 radical (unpaired) electrons. The summed E-state index contributed by atoms with van der Waals surface area (Å²) < 4.78 is 14.4. The normalized spacial score (nSPS) is 11.4. The summed E-state index contributed by atoms with van der Waals surface area (Å²) in [6, 6.07) is 20.1. The smallest absolute Gasteiger partial charge is 0.188 e. The largest absolute Gasteiger partial charge is 0.507 e. The number of aryl methyl sites for hydroxylation is 2. The van der Waals surface area contributed by atoms with E-state index < -0.39 is 0 Å². The van der Waals surface area contributed by atoms with Gasteiger partial charge in [0.25, 0.3) is 0 Å². The summed E-state index contributed by atoms with van der Waals surface area (Å²) >= 11 is 10.2. The second kappa shape index (κ2) is 16.3. The number of anilines is 2. The average molecular weight is 823 g/mol. The Labute approximate surface area is 312 Å². The monoisotopic (exact) mass is 820 g/mol. The number of phenols is 1. The number of methoxy groups -OCH3 is 1. The van der Waals surface area contributed by atoms with Crippen molar-refractivity contribution in [3.05, 3.63) is 102 Å². The number of aromatic nitrogens is 2. The van der Waals surface area contributed by atoms with Crippen LogP contribution < -0.4 is 14.5 Å². The van der Waals surface area contributed by atoms with E-state index >= 15 is 0 Å². The predicted molar refractivity (Wildman–Crippen MR) is 218 cm³/mol. The lowest BCUT2D eigenvalue weighted by molar-refractivity contribution is 0.0506. The highest BCUT2D eigenvalue weighted by Gasteiger charge is 2.09. The lowest BCUT2D eigenvalue weighted by Crippen LogP contribution is -2.09. The van der Waals surface area contributed by atoms with E-state index in [1.807, 2.05) is 48.6 Å². The number of halogens is 2. The fourth-order valence-corrected chi connectivity index (χ4v) is 7.78. The zero-order valence-corrected chi connectivity index (χ0v) is 33.2. The molecule has 6 aromatic rings.